The van der Waals surface area contributed by atoms with Crippen LogP contribution in [-0.2, 0) is 0 Å². The average Bonchev–Trinajstić information content (AvgIpc) is 2.66. The highest BCUT2D eigenvalue weighted by Gasteiger charge is 2.31. The Bertz CT molecular complexity index is 219. The van der Waals surface area contributed by atoms with Crippen molar-refractivity contribution in [3.8, 4) is 0 Å². The second kappa shape index (κ2) is 15.7. The van der Waals surface area contributed by atoms with E-state index in [0.717, 1.165) is 37.0 Å². The third-order valence-corrected chi connectivity index (χ3v) is 5.07. The summed E-state index contributed by atoms with van der Waals surface area (Å²) in [5.74, 6) is 3.01. The van der Waals surface area contributed by atoms with Crippen molar-refractivity contribution in [3.63, 3.8) is 0 Å². The normalized spacial score (nSPS) is 34.2. The van der Waals surface area contributed by atoms with Gasteiger partial charge in [-0.25, -0.2) is 4.39 Å². The number of hydrogen-bond acceptors (Lipinski definition) is 0. The first-order chi connectivity index (χ1) is 9.66. The van der Waals surface area contributed by atoms with Crippen LogP contribution >= 0.6 is 0 Å². The second-order valence-corrected chi connectivity index (χ2v) is 6.44. The summed E-state index contributed by atoms with van der Waals surface area (Å²) in [4.78, 5) is 0. The molecule has 138 valence electrons. The van der Waals surface area contributed by atoms with Gasteiger partial charge < -0.3 is 11.0 Å². The molecule has 0 aliphatic heterocycles. The van der Waals surface area contributed by atoms with E-state index in [1.54, 1.807) is 0 Å². The molecule has 4 N–H and O–H groups in total. The van der Waals surface area contributed by atoms with Gasteiger partial charge in [-0.3, -0.25) is 4.39 Å². The van der Waals surface area contributed by atoms with Crippen LogP contribution in [0.5, 0.6) is 0 Å². The first-order valence-electron chi connectivity index (χ1n) is 8.68. The van der Waals surface area contributed by atoms with Crippen molar-refractivity contribution in [3.05, 3.63) is 0 Å². The molecule has 3 unspecified atom stereocenters. The van der Waals surface area contributed by atoms with Crippen LogP contribution in [0, 0.1) is 23.7 Å². The summed E-state index contributed by atoms with van der Waals surface area (Å²) in [7, 11) is 0.500. The second-order valence-electron chi connectivity index (χ2n) is 6.44. The first kappa shape index (κ1) is 26.7. The monoisotopic (exact) mass is 326 g/mol. The van der Waals surface area contributed by atoms with Gasteiger partial charge in [-0.05, 0) is 49.4 Å². The number of hydrogen-bond donors (Lipinski definition) is 0. The van der Waals surface area contributed by atoms with E-state index in [0.29, 0.717) is 13.1 Å². The fourth-order valence-electron chi connectivity index (χ4n) is 3.79. The summed E-state index contributed by atoms with van der Waals surface area (Å²) in [6.07, 6.45) is 9.52. The van der Waals surface area contributed by atoms with E-state index in [1.165, 1.54) is 32.1 Å². The third-order valence-electron chi connectivity index (χ3n) is 5.07. The summed E-state index contributed by atoms with van der Waals surface area (Å²) >= 11 is 0. The topological polar surface area (TPSA) is 63.0 Å². The minimum atomic E-state index is -0.521. The zero-order chi connectivity index (χ0) is 15.5. The standard InChI is InChI=1S/C15H27F.C2H6.CH3F.2H2O/c1-11-6-8-13(9-7-11)14-4-3-5-15(16)12(2)10-14;2*1-2;;/h11-15H,3-10H2,1-2H3;1-2H3;1H3;2*1H2. The van der Waals surface area contributed by atoms with Gasteiger partial charge in [-0.1, -0.05) is 53.4 Å². The van der Waals surface area contributed by atoms with E-state index in [1.807, 2.05) is 13.8 Å². The lowest BCUT2D eigenvalue weighted by atomic mass is 9.73. The molecule has 0 aromatic carbocycles. The van der Waals surface area contributed by atoms with E-state index >= 15 is 0 Å². The van der Waals surface area contributed by atoms with Gasteiger partial charge in [0.05, 0.1) is 7.18 Å². The Kier molecular flexibility index (Phi) is 19.0. The van der Waals surface area contributed by atoms with Crippen molar-refractivity contribution in [2.75, 3.05) is 7.18 Å². The Morgan fingerprint density at radius 1 is 0.727 bits per heavy atom. The van der Waals surface area contributed by atoms with Crippen LogP contribution in [0.1, 0.15) is 79.1 Å². The first-order valence-corrected chi connectivity index (χ1v) is 8.68. The highest BCUT2D eigenvalue weighted by Crippen LogP contribution is 2.41. The molecule has 22 heavy (non-hydrogen) atoms. The Hall–Kier alpha value is -0.220. The van der Waals surface area contributed by atoms with Crippen LogP contribution in [0.25, 0.3) is 0 Å². The maximum atomic E-state index is 13.6. The summed E-state index contributed by atoms with van der Waals surface area (Å²) in [6.45, 7) is 8.50. The van der Waals surface area contributed by atoms with E-state index in [2.05, 4.69) is 13.8 Å². The summed E-state index contributed by atoms with van der Waals surface area (Å²) in [5.41, 5.74) is 0. The molecular formula is C18H40F2O2. The Labute approximate surface area is 136 Å². The van der Waals surface area contributed by atoms with Gasteiger partial charge in [0.1, 0.15) is 6.17 Å². The quantitative estimate of drug-likeness (QED) is 0.613. The molecule has 0 bridgehead atoms. The molecule has 3 atom stereocenters. The molecular weight excluding hydrogens is 286 g/mol. The lowest BCUT2D eigenvalue weighted by molar-refractivity contribution is 0.166. The molecule has 2 saturated carbocycles. The van der Waals surface area contributed by atoms with Gasteiger partial charge in [0.25, 0.3) is 0 Å². The van der Waals surface area contributed by atoms with Crippen LogP contribution in [0.4, 0.5) is 8.78 Å². The molecule has 0 saturated heterocycles. The zero-order valence-corrected chi connectivity index (χ0v) is 15.3. The fourth-order valence-corrected chi connectivity index (χ4v) is 3.79. The smallest absolute Gasteiger partial charge is 0.103 e. The molecule has 4 heteroatoms. The van der Waals surface area contributed by atoms with Gasteiger partial charge in [-0.2, -0.15) is 0 Å². The molecule has 0 spiro atoms. The molecule has 2 aliphatic carbocycles. The van der Waals surface area contributed by atoms with Crippen molar-refractivity contribution in [2.24, 2.45) is 23.7 Å². The fraction of sp³-hybridized carbons (Fsp3) is 1.00. The summed E-state index contributed by atoms with van der Waals surface area (Å²) in [6, 6.07) is 0. The molecule has 0 aromatic heterocycles. The molecule has 0 heterocycles. The van der Waals surface area contributed by atoms with Crippen molar-refractivity contribution in [1.29, 1.82) is 0 Å². The lowest BCUT2D eigenvalue weighted by Gasteiger charge is -2.33. The average molecular weight is 327 g/mol. The minimum Gasteiger partial charge on any atom is -0.412 e. The Morgan fingerprint density at radius 3 is 1.73 bits per heavy atom. The number of rotatable bonds is 1. The third kappa shape index (κ3) is 9.04. The van der Waals surface area contributed by atoms with Gasteiger partial charge in [0, 0.05) is 0 Å². The van der Waals surface area contributed by atoms with Crippen LogP contribution in [-0.4, -0.2) is 24.3 Å². The van der Waals surface area contributed by atoms with Gasteiger partial charge >= 0.3 is 0 Å². The number of alkyl halides is 2. The molecule has 0 aromatic rings. The van der Waals surface area contributed by atoms with Crippen LogP contribution in [0.3, 0.4) is 0 Å². The van der Waals surface area contributed by atoms with E-state index in [4.69, 9.17) is 0 Å². The minimum absolute atomic E-state index is 0. The highest BCUT2D eigenvalue weighted by atomic mass is 19.1. The molecule has 2 aliphatic rings. The van der Waals surface area contributed by atoms with Crippen molar-refractivity contribution in [2.45, 2.75) is 85.2 Å². The van der Waals surface area contributed by atoms with E-state index < -0.39 is 6.17 Å². The van der Waals surface area contributed by atoms with Crippen molar-refractivity contribution < 1.29 is 19.7 Å². The van der Waals surface area contributed by atoms with Gasteiger partial charge in [-0.15, -0.1) is 0 Å². The molecule has 2 nitrogen and oxygen atoms in total. The SMILES string of the molecule is CC.CC1CCC(C2CCCC(F)C(C)C2)CC1.CF.O.O. The molecule has 0 amide bonds. The maximum Gasteiger partial charge on any atom is 0.103 e. The lowest BCUT2D eigenvalue weighted by Crippen LogP contribution is -2.22. The summed E-state index contributed by atoms with van der Waals surface area (Å²) < 4.78 is 23.1. The predicted molar refractivity (Wildman–Crippen MR) is 92.7 cm³/mol. The number of halogens is 2. The van der Waals surface area contributed by atoms with Crippen molar-refractivity contribution >= 4 is 0 Å². The Morgan fingerprint density at radius 2 is 1.23 bits per heavy atom. The molecule has 2 rings (SSSR count). The highest BCUT2D eigenvalue weighted by molar-refractivity contribution is 4.82. The predicted octanol–water partition coefficient (Wildman–Crippen LogP) is 4.94. The van der Waals surface area contributed by atoms with Crippen LogP contribution < -0.4 is 0 Å². The Balaban J connectivity index is -0.000000557. The molecule has 0 radical (unpaired) electrons. The van der Waals surface area contributed by atoms with E-state index in [-0.39, 0.29) is 11.0 Å². The largest absolute Gasteiger partial charge is 0.412 e. The van der Waals surface area contributed by atoms with Gasteiger partial charge in [0.15, 0.2) is 0 Å². The zero-order valence-electron chi connectivity index (χ0n) is 15.3. The maximum absolute atomic E-state index is 13.6. The van der Waals surface area contributed by atoms with E-state index in [9.17, 15) is 8.78 Å². The summed E-state index contributed by atoms with van der Waals surface area (Å²) in [5, 5.41) is 0. The van der Waals surface area contributed by atoms with Gasteiger partial charge in [0.2, 0.25) is 0 Å². The molecule has 2 fully saturated rings. The van der Waals surface area contributed by atoms with Crippen LogP contribution in [0.15, 0.2) is 0 Å². The van der Waals surface area contributed by atoms with Crippen molar-refractivity contribution in [1.82, 2.24) is 0 Å². The van der Waals surface area contributed by atoms with Crippen LogP contribution in [0.2, 0.25) is 0 Å².